The van der Waals surface area contributed by atoms with Crippen LogP contribution in [0.15, 0.2) is 112 Å². The maximum atomic E-state index is 14.1. The molecule has 0 amide bonds. The van der Waals surface area contributed by atoms with Crippen molar-refractivity contribution >= 4 is 46.3 Å². The van der Waals surface area contributed by atoms with Crippen molar-refractivity contribution in [2.75, 3.05) is 0 Å². The van der Waals surface area contributed by atoms with Gasteiger partial charge in [-0.05, 0) is 53.8 Å². The number of fused-ring (bicyclic) bond motifs is 3. The first-order chi connectivity index (χ1) is 20.1. The highest BCUT2D eigenvalue weighted by Gasteiger charge is 2.32. The van der Waals surface area contributed by atoms with Crippen LogP contribution in [-0.4, -0.2) is 4.57 Å². The number of rotatable bonds is 5. The number of aryl methyl sites for hydroxylation is 1. The second-order valence-electron chi connectivity index (χ2n) is 10.1. The minimum atomic E-state index is -0.198. The molecule has 1 aliphatic heterocycles. The molecule has 0 N–H and O–H groups in total. The molecular weight excluding hydrogens is 571 g/mol. The fourth-order valence-corrected chi connectivity index (χ4v) is 7.08. The zero-order valence-corrected chi connectivity index (χ0v) is 24.2. The van der Waals surface area contributed by atoms with Gasteiger partial charge >= 0.3 is 0 Å². The van der Waals surface area contributed by atoms with E-state index in [1.165, 1.54) is 22.5 Å². The Hall–Kier alpha value is -3.90. The van der Waals surface area contributed by atoms with Gasteiger partial charge in [0.05, 0.1) is 16.3 Å². The Balaban J connectivity index is 1.34. The molecule has 7 heteroatoms. The van der Waals surface area contributed by atoms with Gasteiger partial charge in [-0.25, -0.2) is 4.99 Å². The van der Waals surface area contributed by atoms with E-state index in [0.29, 0.717) is 25.1 Å². The van der Waals surface area contributed by atoms with Gasteiger partial charge in [-0.1, -0.05) is 113 Å². The normalized spacial score (nSPS) is 16.0. The lowest BCUT2D eigenvalue weighted by Gasteiger charge is -2.30. The van der Waals surface area contributed by atoms with Crippen LogP contribution in [-0.2, 0) is 13.0 Å². The zero-order valence-electron chi connectivity index (χ0n) is 21.9. The van der Waals surface area contributed by atoms with Gasteiger partial charge in [-0.3, -0.25) is 9.36 Å². The van der Waals surface area contributed by atoms with Crippen molar-refractivity contribution in [2.45, 2.75) is 25.5 Å². The summed E-state index contributed by atoms with van der Waals surface area (Å²) in [6.07, 6.45) is 3.70. The molecule has 0 radical (unpaired) electrons. The number of hydrogen-bond donors (Lipinski definition) is 0. The maximum absolute atomic E-state index is 14.1. The lowest BCUT2D eigenvalue weighted by molar-refractivity contribution is 0.305. The topological polar surface area (TPSA) is 43.6 Å². The summed E-state index contributed by atoms with van der Waals surface area (Å²) in [7, 11) is 0. The SMILES string of the molecule is O=c1/c(=C/c2ccccc2OCc2ccc(Cl)cc2Cl)sc2n1[C@H](c1ccccc1)C1=C(N=2)c2ccccc2CC1. The molecule has 0 saturated carbocycles. The van der Waals surface area contributed by atoms with Gasteiger partial charge in [0.25, 0.3) is 5.56 Å². The third-order valence-electron chi connectivity index (χ3n) is 7.59. The van der Waals surface area contributed by atoms with Crippen LogP contribution < -0.4 is 19.6 Å². The van der Waals surface area contributed by atoms with Crippen LogP contribution in [0.3, 0.4) is 0 Å². The van der Waals surface area contributed by atoms with E-state index < -0.39 is 0 Å². The van der Waals surface area contributed by atoms with Crippen molar-refractivity contribution in [2.24, 2.45) is 4.99 Å². The van der Waals surface area contributed by atoms with Crippen molar-refractivity contribution in [3.05, 3.63) is 160 Å². The van der Waals surface area contributed by atoms with Gasteiger partial charge in [-0.15, -0.1) is 0 Å². The summed E-state index contributed by atoms with van der Waals surface area (Å²) in [6.45, 7) is 0.280. The molecule has 0 bridgehead atoms. The van der Waals surface area contributed by atoms with E-state index in [4.69, 9.17) is 32.9 Å². The summed E-state index contributed by atoms with van der Waals surface area (Å²) >= 11 is 13.8. The maximum Gasteiger partial charge on any atom is 0.271 e. The Bertz CT molecular complexity index is 2010. The molecule has 2 aliphatic rings. The molecule has 0 fully saturated rings. The first kappa shape index (κ1) is 26.0. The van der Waals surface area contributed by atoms with E-state index in [0.717, 1.165) is 40.8 Å². The van der Waals surface area contributed by atoms with Crippen molar-refractivity contribution < 1.29 is 4.74 Å². The molecule has 0 unspecified atom stereocenters. The summed E-state index contributed by atoms with van der Waals surface area (Å²) in [5.41, 5.74) is 7.33. The van der Waals surface area contributed by atoms with Crippen molar-refractivity contribution in [3.63, 3.8) is 0 Å². The summed E-state index contributed by atoms with van der Waals surface area (Å²) in [5, 5.41) is 1.13. The molecule has 1 atom stereocenters. The van der Waals surface area contributed by atoms with Crippen molar-refractivity contribution in [1.82, 2.24) is 4.57 Å². The predicted octanol–water partition coefficient (Wildman–Crippen LogP) is 7.20. The average molecular weight is 596 g/mol. The molecule has 0 spiro atoms. The van der Waals surface area contributed by atoms with Crippen LogP contribution in [0.4, 0.5) is 0 Å². The lowest BCUT2D eigenvalue weighted by Crippen LogP contribution is -2.38. The van der Waals surface area contributed by atoms with Crippen LogP contribution in [0, 0.1) is 0 Å². The Labute approximate surface area is 251 Å². The summed E-state index contributed by atoms with van der Waals surface area (Å²) in [5.74, 6) is 0.664. The Morgan fingerprint density at radius 2 is 1.71 bits per heavy atom. The second-order valence-corrected chi connectivity index (χ2v) is 11.9. The minimum Gasteiger partial charge on any atom is -0.488 e. The molecule has 1 aromatic heterocycles. The Kier molecular flexibility index (Phi) is 6.87. The van der Waals surface area contributed by atoms with Gasteiger partial charge in [0.2, 0.25) is 0 Å². The molecule has 5 aromatic rings. The number of halogens is 2. The molecule has 41 heavy (non-hydrogen) atoms. The quantitative estimate of drug-likeness (QED) is 0.216. The standard InChI is InChI=1S/C34H24Cl2N2O2S/c35-25-16-14-24(28(36)19-25)20-40-29-13-7-5-11-23(29)18-30-33(39)38-32(22-9-2-1-3-10-22)27-17-15-21-8-4-6-12-26(21)31(27)37-34(38)41-30/h1-14,16,18-19,32H,15,17,20H2/b30-18-/t32-/m1/s1. The first-order valence-electron chi connectivity index (χ1n) is 13.4. The third kappa shape index (κ3) is 4.84. The van der Waals surface area contributed by atoms with E-state index >= 15 is 0 Å². The van der Waals surface area contributed by atoms with E-state index in [1.807, 2.05) is 59.2 Å². The molecule has 0 saturated heterocycles. The molecular formula is C34H24Cl2N2O2S. The third-order valence-corrected chi connectivity index (χ3v) is 9.16. The van der Waals surface area contributed by atoms with Gasteiger partial charge in [0, 0.05) is 26.7 Å². The number of aromatic nitrogens is 1. The van der Waals surface area contributed by atoms with E-state index in [1.54, 1.807) is 12.1 Å². The van der Waals surface area contributed by atoms with Crippen LogP contribution >= 0.6 is 34.5 Å². The molecule has 2 heterocycles. The number of allylic oxidation sites excluding steroid dienone is 1. The molecule has 1 aliphatic carbocycles. The van der Waals surface area contributed by atoms with Crippen LogP contribution in [0.5, 0.6) is 5.75 Å². The highest BCUT2D eigenvalue weighted by atomic mass is 35.5. The minimum absolute atomic E-state index is 0.0523. The smallest absolute Gasteiger partial charge is 0.271 e. The first-order valence-corrected chi connectivity index (χ1v) is 15.0. The van der Waals surface area contributed by atoms with Crippen LogP contribution in [0.2, 0.25) is 10.0 Å². The van der Waals surface area contributed by atoms with Gasteiger partial charge in [0.15, 0.2) is 4.80 Å². The number of nitrogens with zero attached hydrogens (tertiary/aromatic N) is 2. The van der Waals surface area contributed by atoms with E-state index in [2.05, 4.69) is 36.4 Å². The highest BCUT2D eigenvalue weighted by molar-refractivity contribution is 7.07. The van der Waals surface area contributed by atoms with Crippen LogP contribution in [0.25, 0.3) is 11.8 Å². The van der Waals surface area contributed by atoms with Crippen molar-refractivity contribution in [3.8, 4) is 5.75 Å². The molecule has 4 aromatic carbocycles. The summed E-state index contributed by atoms with van der Waals surface area (Å²) in [4.78, 5) is 19.9. The van der Waals surface area contributed by atoms with Gasteiger partial charge in [0.1, 0.15) is 12.4 Å². The molecule has 7 rings (SSSR count). The summed E-state index contributed by atoms with van der Waals surface area (Å²) in [6, 6.07) is 31.6. The largest absolute Gasteiger partial charge is 0.488 e. The van der Waals surface area contributed by atoms with Crippen molar-refractivity contribution in [1.29, 1.82) is 0 Å². The fraction of sp³-hybridized carbons (Fsp3) is 0.118. The number of thiazole rings is 1. The monoisotopic (exact) mass is 594 g/mol. The van der Waals surface area contributed by atoms with Gasteiger partial charge in [-0.2, -0.15) is 0 Å². The molecule has 202 valence electrons. The summed E-state index contributed by atoms with van der Waals surface area (Å²) < 4.78 is 8.65. The predicted molar refractivity (Wildman–Crippen MR) is 166 cm³/mol. The Morgan fingerprint density at radius 1 is 0.927 bits per heavy atom. The Morgan fingerprint density at radius 3 is 2.56 bits per heavy atom. The average Bonchev–Trinajstić information content (AvgIpc) is 3.30. The highest BCUT2D eigenvalue weighted by Crippen LogP contribution is 2.41. The van der Waals surface area contributed by atoms with Gasteiger partial charge < -0.3 is 4.74 Å². The number of para-hydroxylation sites is 1. The second kappa shape index (κ2) is 10.8. The number of ether oxygens (including phenoxy) is 1. The van der Waals surface area contributed by atoms with Crippen LogP contribution in [0.1, 0.15) is 40.3 Å². The number of benzene rings is 4. The fourth-order valence-electron chi connectivity index (χ4n) is 5.62. The number of hydrogen-bond acceptors (Lipinski definition) is 4. The van der Waals surface area contributed by atoms with E-state index in [9.17, 15) is 4.79 Å². The lowest BCUT2D eigenvalue weighted by atomic mass is 9.83. The molecule has 4 nitrogen and oxygen atoms in total. The van der Waals surface area contributed by atoms with E-state index in [-0.39, 0.29) is 18.2 Å². The zero-order chi connectivity index (χ0) is 27.9.